The van der Waals surface area contributed by atoms with E-state index in [0.29, 0.717) is 12.2 Å². The van der Waals surface area contributed by atoms with Crippen molar-refractivity contribution in [2.45, 2.75) is 18.6 Å². The number of hydrogen-bond donors (Lipinski definition) is 0. The van der Waals surface area contributed by atoms with E-state index in [-0.39, 0.29) is 5.78 Å². The van der Waals surface area contributed by atoms with Gasteiger partial charge >= 0.3 is 0 Å². The van der Waals surface area contributed by atoms with Gasteiger partial charge in [-0.3, -0.25) is 4.79 Å². The Morgan fingerprint density at radius 1 is 1.50 bits per heavy atom. The van der Waals surface area contributed by atoms with Gasteiger partial charge in [-0.05, 0) is 18.6 Å². The molecule has 1 aromatic heterocycles. The van der Waals surface area contributed by atoms with Crippen molar-refractivity contribution in [3.8, 4) is 0 Å². The van der Waals surface area contributed by atoms with Crippen LogP contribution in [0.5, 0.6) is 0 Å². The van der Waals surface area contributed by atoms with Crippen LogP contribution in [0.15, 0.2) is 48.6 Å². The number of carbonyl (C=O) groups excluding carboxylic acids is 1. The van der Waals surface area contributed by atoms with Crippen LogP contribution in [0.25, 0.3) is 0 Å². The number of ketones is 1. The Morgan fingerprint density at radius 2 is 2.25 bits per heavy atom. The minimum absolute atomic E-state index is 0.279. The zero-order valence-electron chi connectivity index (χ0n) is 9.48. The Hall–Kier alpha value is -1.22. The molecular formula is C13H18O2S. The van der Waals surface area contributed by atoms with Gasteiger partial charge in [-0.2, -0.15) is 0 Å². The highest BCUT2D eigenvalue weighted by atomic mass is 32.2. The van der Waals surface area contributed by atoms with Crippen molar-refractivity contribution >= 4 is 17.5 Å². The van der Waals surface area contributed by atoms with Crippen LogP contribution in [0, 0.1) is 0 Å². The van der Waals surface area contributed by atoms with Gasteiger partial charge in [-0.1, -0.05) is 6.08 Å². The van der Waals surface area contributed by atoms with E-state index in [4.69, 9.17) is 4.42 Å². The second-order valence-electron chi connectivity index (χ2n) is 2.94. The number of furan rings is 1. The molecule has 0 saturated carbocycles. The average molecular weight is 238 g/mol. The molecule has 88 valence electrons. The maximum Gasteiger partial charge on any atom is 0.143 e. The smallest absolute Gasteiger partial charge is 0.143 e. The number of carbonyl (C=O) groups is 1. The number of rotatable bonds is 7. The zero-order valence-corrected chi connectivity index (χ0v) is 10.3. The summed E-state index contributed by atoms with van der Waals surface area (Å²) in [5, 5.41) is 0. The zero-order chi connectivity index (χ0) is 12.2. The molecule has 0 N–H and O–H groups in total. The Morgan fingerprint density at radius 3 is 2.81 bits per heavy atom. The van der Waals surface area contributed by atoms with E-state index in [2.05, 4.69) is 19.7 Å². The summed E-state index contributed by atoms with van der Waals surface area (Å²) in [5.74, 6) is 2.54. The fourth-order valence-electron chi connectivity index (χ4n) is 0.995. The summed E-state index contributed by atoms with van der Waals surface area (Å²) >= 11 is 1.59. The minimum atomic E-state index is 0.279. The first-order valence-corrected chi connectivity index (χ1v) is 6.21. The Labute approximate surface area is 101 Å². The van der Waals surface area contributed by atoms with Gasteiger partial charge in [0.15, 0.2) is 0 Å². The molecule has 0 aliphatic heterocycles. The fourth-order valence-corrected chi connectivity index (χ4v) is 1.83. The van der Waals surface area contributed by atoms with Gasteiger partial charge in [0.05, 0.1) is 17.8 Å². The predicted octanol–water partition coefficient (Wildman–Crippen LogP) is 3.85. The van der Waals surface area contributed by atoms with Crippen molar-refractivity contribution in [2.24, 2.45) is 0 Å². The van der Waals surface area contributed by atoms with E-state index >= 15 is 0 Å². The third kappa shape index (κ3) is 7.12. The highest BCUT2D eigenvalue weighted by molar-refractivity contribution is 7.99. The largest absolute Gasteiger partial charge is 0.468 e. The van der Waals surface area contributed by atoms with Crippen LogP contribution in [-0.4, -0.2) is 11.5 Å². The van der Waals surface area contributed by atoms with Gasteiger partial charge < -0.3 is 4.42 Å². The van der Waals surface area contributed by atoms with Gasteiger partial charge in [0.25, 0.3) is 0 Å². The lowest BCUT2D eigenvalue weighted by Gasteiger charge is -1.97. The summed E-state index contributed by atoms with van der Waals surface area (Å²) in [6.45, 7) is 9.58. The number of Topliss-reactive ketones (excluding diaryl/α,β-unsaturated/α-hetero) is 1. The van der Waals surface area contributed by atoms with Crippen molar-refractivity contribution in [3.63, 3.8) is 0 Å². The lowest BCUT2D eigenvalue weighted by atomic mass is 10.2. The van der Waals surface area contributed by atoms with E-state index < -0.39 is 0 Å². The molecule has 0 saturated heterocycles. The maximum absolute atomic E-state index is 11.2. The van der Waals surface area contributed by atoms with Crippen LogP contribution < -0.4 is 0 Å². The molecule has 0 aliphatic carbocycles. The molecule has 0 bridgehead atoms. The molecule has 0 spiro atoms. The minimum Gasteiger partial charge on any atom is -0.468 e. The van der Waals surface area contributed by atoms with Gasteiger partial charge in [0.1, 0.15) is 11.5 Å². The number of hydrogen-bond acceptors (Lipinski definition) is 3. The molecule has 2 nitrogen and oxygen atoms in total. The molecule has 1 aromatic rings. The topological polar surface area (TPSA) is 30.2 Å². The lowest BCUT2D eigenvalue weighted by Crippen LogP contribution is -2.00. The summed E-state index contributed by atoms with van der Waals surface area (Å²) in [6.07, 6.45) is 4.80. The van der Waals surface area contributed by atoms with Crippen molar-refractivity contribution < 1.29 is 9.21 Å². The summed E-state index contributed by atoms with van der Waals surface area (Å²) in [7, 11) is 0. The van der Waals surface area contributed by atoms with Crippen molar-refractivity contribution in [1.82, 2.24) is 0 Å². The maximum atomic E-state index is 11.2. The quantitative estimate of drug-likeness (QED) is 0.676. The van der Waals surface area contributed by atoms with E-state index in [0.717, 1.165) is 17.9 Å². The Balaban J connectivity index is 0.00000106. The van der Waals surface area contributed by atoms with Gasteiger partial charge in [0.2, 0.25) is 0 Å². The molecule has 0 amide bonds. The van der Waals surface area contributed by atoms with Crippen molar-refractivity contribution in [2.75, 3.05) is 5.75 Å². The molecule has 1 heterocycles. The second kappa shape index (κ2) is 10.3. The molecule has 0 unspecified atom stereocenters. The molecule has 0 fully saturated rings. The van der Waals surface area contributed by atoms with E-state index in [1.165, 1.54) is 0 Å². The van der Waals surface area contributed by atoms with Crippen molar-refractivity contribution in [1.29, 1.82) is 0 Å². The second-order valence-corrected chi connectivity index (χ2v) is 3.92. The van der Waals surface area contributed by atoms with Crippen LogP contribution in [0.3, 0.4) is 0 Å². The van der Waals surface area contributed by atoms with E-state index in [9.17, 15) is 4.79 Å². The van der Waals surface area contributed by atoms with Crippen LogP contribution in [0.4, 0.5) is 0 Å². The summed E-state index contributed by atoms with van der Waals surface area (Å²) < 4.78 is 5.15. The summed E-state index contributed by atoms with van der Waals surface area (Å²) in [4.78, 5) is 11.2. The Kier molecular flexibility index (Phi) is 9.52. The highest BCUT2D eigenvalue weighted by Gasteiger charge is 2.02. The summed E-state index contributed by atoms with van der Waals surface area (Å²) in [6, 6.07) is 3.77. The molecule has 16 heavy (non-hydrogen) atoms. The number of allylic oxidation sites excluding steroid dienone is 1. The standard InChI is InChI=1S/C11H14O2S.C2H4/c1-2-3-5-10(12)8-14-9-11-6-4-7-13-11;1-2/h2,4,6-7H,1,3,5,8-9H2;1-2H2. The third-order valence-electron chi connectivity index (χ3n) is 1.71. The molecule has 0 atom stereocenters. The fraction of sp³-hybridized carbons (Fsp3) is 0.308. The van der Waals surface area contributed by atoms with E-state index in [1.807, 2.05) is 12.1 Å². The Bertz CT molecular complexity index is 291. The molecule has 0 aromatic carbocycles. The lowest BCUT2D eigenvalue weighted by molar-refractivity contribution is -0.116. The van der Waals surface area contributed by atoms with Crippen LogP contribution in [-0.2, 0) is 10.5 Å². The predicted molar refractivity (Wildman–Crippen MR) is 70.6 cm³/mol. The average Bonchev–Trinajstić information content (AvgIpc) is 2.82. The normalized spacial score (nSPS) is 9.00. The van der Waals surface area contributed by atoms with Gasteiger partial charge in [-0.25, -0.2) is 0 Å². The van der Waals surface area contributed by atoms with Crippen LogP contribution in [0.2, 0.25) is 0 Å². The molecule has 3 heteroatoms. The highest BCUT2D eigenvalue weighted by Crippen LogP contribution is 2.13. The van der Waals surface area contributed by atoms with Gasteiger partial charge in [-0.15, -0.1) is 31.5 Å². The molecule has 1 rings (SSSR count). The molecule has 0 aliphatic rings. The SMILES string of the molecule is C=C.C=CCCC(=O)CSCc1ccco1. The number of thioether (sulfide) groups is 1. The first-order chi connectivity index (χ1) is 7.83. The monoisotopic (exact) mass is 238 g/mol. The first kappa shape index (κ1) is 14.8. The first-order valence-electron chi connectivity index (χ1n) is 5.05. The molecule has 0 radical (unpaired) electrons. The van der Waals surface area contributed by atoms with Crippen LogP contribution >= 0.6 is 11.8 Å². The van der Waals surface area contributed by atoms with E-state index in [1.54, 1.807) is 24.1 Å². The summed E-state index contributed by atoms with van der Waals surface area (Å²) in [5.41, 5.74) is 0. The van der Waals surface area contributed by atoms with Gasteiger partial charge in [0, 0.05) is 6.42 Å². The molecular weight excluding hydrogens is 220 g/mol. The van der Waals surface area contributed by atoms with Crippen molar-refractivity contribution in [3.05, 3.63) is 50.0 Å². The third-order valence-corrected chi connectivity index (χ3v) is 2.73. The van der Waals surface area contributed by atoms with Crippen LogP contribution in [0.1, 0.15) is 18.6 Å².